The van der Waals surface area contributed by atoms with Crippen LogP contribution in [0.1, 0.15) is 37.5 Å². The Balaban J connectivity index is 0.000000125. The number of fused-ring (bicyclic) bond motifs is 6. The average molecular weight is 1010 g/mol. The van der Waals surface area contributed by atoms with Crippen LogP contribution in [0.2, 0.25) is 0 Å². The van der Waals surface area contributed by atoms with E-state index in [1.807, 2.05) is 54.6 Å². The standard InChI is InChI=1S/3C19H15N2S.Ru/c3*1-13(15-11-10-14-6-2-3-7-16(14)12-15)20-19-21-17-8-4-5-9-18(17)22-19;/h3*2-12,19H,1H3;/q3*-1;+3/b2*20-13+;20-13-;. The van der Waals surface area contributed by atoms with Crippen molar-refractivity contribution in [2.24, 2.45) is 15.0 Å². The SMILES string of the molecule is C/C(=N/C1[N-]c2ccccc2S1)c1ccc2ccccc2c1.C/C(=N\C1[N-]c2ccccc2S1)c1ccc2ccccc2c1.C/C(=N\C1[N-]c2ccccc2S1)c1ccc2ccccc2c1.[Ru+3]. The molecule has 3 unspecified atom stereocenters. The quantitative estimate of drug-likeness (QED) is 0.123. The van der Waals surface area contributed by atoms with Gasteiger partial charge in [0.15, 0.2) is 0 Å². The van der Waals surface area contributed by atoms with Crippen LogP contribution >= 0.6 is 35.3 Å². The zero-order valence-electron chi connectivity index (χ0n) is 37.0. The second-order valence-electron chi connectivity index (χ2n) is 16.0. The van der Waals surface area contributed by atoms with Crippen LogP contribution in [0.4, 0.5) is 17.1 Å². The Bertz CT molecular complexity index is 2890. The summed E-state index contributed by atoms with van der Waals surface area (Å²) in [5.74, 6) is 0. The van der Waals surface area contributed by atoms with E-state index < -0.39 is 0 Å². The summed E-state index contributed by atoms with van der Waals surface area (Å²) in [5, 5.41) is 21.5. The summed E-state index contributed by atoms with van der Waals surface area (Å²) in [6.07, 6.45) is 0. The van der Waals surface area contributed by atoms with Gasteiger partial charge in [-0.15, -0.1) is 52.3 Å². The predicted molar refractivity (Wildman–Crippen MR) is 286 cm³/mol. The molecule has 0 N–H and O–H groups in total. The molecular weight excluding hydrogens is 966 g/mol. The summed E-state index contributed by atoms with van der Waals surface area (Å²) in [4.78, 5) is 18.0. The van der Waals surface area contributed by atoms with E-state index in [1.54, 1.807) is 35.3 Å². The minimum absolute atomic E-state index is 0. The number of hydrogen-bond acceptors (Lipinski definition) is 6. The van der Waals surface area contributed by atoms with Crippen molar-refractivity contribution in [2.45, 2.75) is 52.0 Å². The Morgan fingerprint density at radius 2 is 0.582 bits per heavy atom. The Kier molecular flexibility index (Phi) is 14.6. The van der Waals surface area contributed by atoms with E-state index in [9.17, 15) is 0 Å². The van der Waals surface area contributed by atoms with Gasteiger partial charge in [-0.3, -0.25) is 15.0 Å². The van der Waals surface area contributed by atoms with Crippen LogP contribution in [-0.2, 0) is 19.5 Å². The van der Waals surface area contributed by atoms with Gasteiger partial charge >= 0.3 is 19.5 Å². The number of aliphatic imine (C=N–C) groups is 3. The fourth-order valence-electron chi connectivity index (χ4n) is 7.90. The number of hydrogen-bond donors (Lipinski definition) is 0. The monoisotopic (exact) mass is 1010 g/mol. The maximum Gasteiger partial charge on any atom is 3.00 e. The van der Waals surface area contributed by atoms with Crippen molar-refractivity contribution in [1.29, 1.82) is 0 Å². The minimum Gasteiger partial charge on any atom is -0.654 e. The molecule has 9 aromatic carbocycles. The molecule has 1 radical (unpaired) electrons. The van der Waals surface area contributed by atoms with Gasteiger partial charge in [-0.25, -0.2) is 0 Å². The Labute approximate surface area is 418 Å². The molecule has 10 heteroatoms. The van der Waals surface area contributed by atoms with Crippen LogP contribution in [0.3, 0.4) is 0 Å². The first-order valence-electron chi connectivity index (χ1n) is 21.9. The second kappa shape index (κ2) is 21.2. The van der Waals surface area contributed by atoms with E-state index in [2.05, 4.69) is 182 Å². The summed E-state index contributed by atoms with van der Waals surface area (Å²) in [5.41, 5.74) is 9.50. The molecule has 3 aliphatic heterocycles. The Morgan fingerprint density at radius 1 is 0.328 bits per heavy atom. The summed E-state index contributed by atoms with van der Waals surface area (Å²) in [6.45, 7) is 6.18. The first-order chi connectivity index (χ1) is 32.4. The summed E-state index contributed by atoms with van der Waals surface area (Å²) >= 11 is 5.13. The Morgan fingerprint density at radius 3 is 0.866 bits per heavy atom. The van der Waals surface area contributed by atoms with Crippen LogP contribution in [0, 0.1) is 0 Å². The largest absolute Gasteiger partial charge is 3.00 e. The Hall–Kier alpha value is -6.16. The molecular formula is C57H45N6RuS3. The molecule has 9 aromatic rings. The molecule has 0 fully saturated rings. The number of nitrogens with zero attached hydrogens (tertiary/aromatic N) is 6. The molecule has 3 aliphatic rings. The maximum absolute atomic E-state index is 4.78. The molecule has 12 rings (SSSR count). The maximum atomic E-state index is 4.78. The molecule has 329 valence electrons. The van der Waals surface area contributed by atoms with Crippen LogP contribution < -0.4 is 0 Å². The van der Waals surface area contributed by atoms with E-state index in [1.165, 1.54) is 47.0 Å². The first-order valence-corrected chi connectivity index (χ1v) is 24.5. The molecule has 0 bridgehead atoms. The number of rotatable bonds is 6. The van der Waals surface area contributed by atoms with Crippen LogP contribution in [-0.4, -0.2) is 33.6 Å². The van der Waals surface area contributed by atoms with Gasteiger partial charge in [0.05, 0.1) is 0 Å². The fourth-order valence-corrected chi connectivity index (χ4v) is 10.9. The predicted octanol–water partition coefficient (Wildman–Crippen LogP) is 17.2. The zero-order chi connectivity index (χ0) is 44.8. The third-order valence-corrected chi connectivity index (χ3v) is 14.5. The average Bonchev–Trinajstić information content (AvgIpc) is 4.10. The number of thioether (sulfide) groups is 3. The van der Waals surface area contributed by atoms with Gasteiger partial charge < -0.3 is 16.0 Å². The normalized spacial score (nSPS) is 17.1. The third-order valence-electron chi connectivity index (χ3n) is 11.5. The van der Waals surface area contributed by atoms with E-state index in [4.69, 9.17) is 15.0 Å². The first kappa shape index (κ1) is 46.0. The number of benzene rings is 9. The molecule has 3 heterocycles. The summed E-state index contributed by atoms with van der Waals surface area (Å²) in [6, 6.07) is 69.3. The molecule has 6 nitrogen and oxygen atoms in total. The summed E-state index contributed by atoms with van der Waals surface area (Å²) in [7, 11) is 0. The van der Waals surface area contributed by atoms with E-state index in [0.29, 0.717) is 0 Å². The van der Waals surface area contributed by atoms with Crippen molar-refractivity contribution < 1.29 is 19.5 Å². The van der Waals surface area contributed by atoms with Gasteiger partial charge in [-0.2, -0.15) is 0 Å². The van der Waals surface area contributed by atoms with Crippen molar-refractivity contribution in [3.63, 3.8) is 0 Å². The third kappa shape index (κ3) is 11.0. The van der Waals surface area contributed by atoms with Gasteiger partial charge in [0.1, 0.15) is 0 Å². The molecule has 0 aliphatic carbocycles. The number of para-hydroxylation sites is 3. The molecule has 0 saturated carbocycles. The molecule has 0 saturated heterocycles. The van der Waals surface area contributed by atoms with Crippen LogP contribution in [0.25, 0.3) is 48.3 Å². The molecule has 0 amide bonds. The van der Waals surface area contributed by atoms with E-state index in [-0.39, 0.29) is 36.0 Å². The van der Waals surface area contributed by atoms with Gasteiger partial charge in [-0.1, -0.05) is 164 Å². The molecule has 0 aromatic heterocycles. The van der Waals surface area contributed by atoms with E-state index in [0.717, 1.165) is 50.9 Å². The second-order valence-corrected chi connectivity index (χ2v) is 19.2. The van der Waals surface area contributed by atoms with Crippen molar-refractivity contribution in [1.82, 2.24) is 0 Å². The van der Waals surface area contributed by atoms with Crippen molar-refractivity contribution >= 4 is 102 Å². The minimum atomic E-state index is -0.0659. The zero-order valence-corrected chi connectivity index (χ0v) is 41.2. The molecule has 3 atom stereocenters. The van der Waals surface area contributed by atoms with Crippen LogP contribution in [0.5, 0.6) is 0 Å². The van der Waals surface area contributed by atoms with Crippen molar-refractivity contribution in [3.05, 3.63) is 233 Å². The molecule has 0 spiro atoms. The van der Waals surface area contributed by atoms with Crippen molar-refractivity contribution in [3.8, 4) is 0 Å². The smallest absolute Gasteiger partial charge is 0.654 e. The van der Waals surface area contributed by atoms with Gasteiger partial charge in [0.2, 0.25) is 0 Å². The fraction of sp³-hybridized carbons (Fsp3) is 0.105. The van der Waals surface area contributed by atoms with Crippen LogP contribution in [0.15, 0.2) is 230 Å². The van der Waals surface area contributed by atoms with Gasteiger partial charge in [0.25, 0.3) is 0 Å². The van der Waals surface area contributed by atoms with Gasteiger partial charge in [-0.05, 0) is 121 Å². The summed E-state index contributed by atoms with van der Waals surface area (Å²) < 4.78 is 0. The van der Waals surface area contributed by atoms with Gasteiger partial charge in [0, 0.05) is 33.6 Å². The molecule has 67 heavy (non-hydrogen) atoms. The van der Waals surface area contributed by atoms with Crippen molar-refractivity contribution in [2.75, 3.05) is 0 Å². The topological polar surface area (TPSA) is 79.4 Å². The van der Waals surface area contributed by atoms with E-state index >= 15 is 0 Å².